The number of quaternary nitrogens is 1. The first kappa shape index (κ1) is 18.6. The normalized spacial score (nSPS) is 16.7. The van der Waals surface area contributed by atoms with E-state index in [4.69, 9.17) is 4.98 Å². The smallest absolute Gasteiger partial charge is 0.277 e. The molecular weight excluding hydrogens is 374 g/mol. The Kier molecular flexibility index (Phi) is 5.86. The molecule has 0 bridgehead atoms. The van der Waals surface area contributed by atoms with Crippen LogP contribution in [0.15, 0.2) is 41.8 Å². The van der Waals surface area contributed by atoms with Gasteiger partial charge >= 0.3 is 0 Å². The van der Waals surface area contributed by atoms with Gasteiger partial charge in [0.2, 0.25) is 0 Å². The van der Waals surface area contributed by atoms with E-state index in [0.717, 1.165) is 44.5 Å². The Labute approximate surface area is 168 Å². The minimum Gasteiger partial charge on any atom is -0.338 e. The number of amides is 1. The number of piperidine rings is 1. The van der Waals surface area contributed by atoms with Crippen molar-refractivity contribution in [1.29, 1.82) is 0 Å². The van der Waals surface area contributed by atoms with Gasteiger partial charge in [-0.05, 0) is 43.3 Å². The molecule has 1 saturated heterocycles. The molecule has 1 fully saturated rings. The third-order valence-corrected chi connectivity index (χ3v) is 7.49. The van der Waals surface area contributed by atoms with E-state index in [2.05, 4.69) is 47.5 Å². The van der Waals surface area contributed by atoms with Gasteiger partial charge in [-0.3, -0.25) is 4.79 Å². The Morgan fingerprint density at radius 3 is 2.74 bits per heavy atom. The highest BCUT2D eigenvalue weighted by atomic mass is 32.1. The van der Waals surface area contributed by atoms with Gasteiger partial charge in [0.25, 0.3) is 5.91 Å². The lowest BCUT2D eigenvalue weighted by Gasteiger charge is -2.31. The maximum Gasteiger partial charge on any atom is 0.277 e. The van der Waals surface area contributed by atoms with Crippen molar-refractivity contribution in [1.82, 2.24) is 9.88 Å². The molecule has 1 aromatic carbocycles. The Morgan fingerprint density at radius 2 is 2.04 bits per heavy atom. The van der Waals surface area contributed by atoms with E-state index in [1.165, 1.54) is 19.5 Å². The molecule has 1 aliphatic heterocycles. The molecule has 0 aliphatic carbocycles. The lowest BCUT2D eigenvalue weighted by molar-refractivity contribution is -0.904. The van der Waals surface area contributed by atoms with Crippen molar-refractivity contribution in [2.45, 2.75) is 32.2 Å². The zero-order valence-electron chi connectivity index (χ0n) is 15.7. The number of benzene rings is 1. The average molecular weight is 401 g/mol. The van der Waals surface area contributed by atoms with Gasteiger partial charge in [0.15, 0.2) is 6.54 Å². The van der Waals surface area contributed by atoms with Gasteiger partial charge in [0.1, 0.15) is 6.54 Å². The number of hydrogen-bond acceptors (Lipinski definition) is 4. The molecule has 3 aromatic rings. The van der Waals surface area contributed by atoms with Crippen LogP contribution in [0.25, 0.3) is 10.2 Å². The van der Waals surface area contributed by atoms with Gasteiger partial charge in [-0.2, -0.15) is 0 Å². The number of likely N-dealkylation sites (N-methyl/N-ethyl adjacent to an activating group) is 1. The Hall–Kier alpha value is -1.76. The number of carbonyl (C=O) groups excluding carboxylic acids is 1. The number of para-hydroxylation sites is 1. The number of fused-ring (bicyclic) bond motifs is 1. The molecule has 1 unspecified atom stereocenters. The van der Waals surface area contributed by atoms with Crippen LogP contribution in [0.2, 0.25) is 0 Å². The number of rotatable bonds is 6. The molecule has 1 N–H and O–H groups in total. The van der Waals surface area contributed by atoms with Crippen LogP contribution in [0.3, 0.4) is 0 Å². The second kappa shape index (κ2) is 8.50. The summed E-state index contributed by atoms with van der Waals surface area (Å²) in [6, 6.07) is 12.6. The van der Waals surface area contributed by atoms with Crippen molar-refractivity contribution in [3.05, 3.63) is 51.7 Å². The van der Waals surface area contributed by atoms with Gasteiger partial charge < -0.3 is 9.80 Å². The predicted octanol–water partition coefficient (Wildman–Crippen LogP) is 3.17. The molecule has 4 rings (SSSR count). The molecule has 1 atom stereocenters. The summed E-state index contributed by atoms with van der Waals surface area (Å²) >= 11 is 3.59. The minimum atomic E-state index is 0.297. The van der Waals surface area contributed by atoms with Crippen molar-refractivity contribution in [2.75, 3.05) is 26.2 Å². The summed E-state index contributed by atoms with van der Waals surface area (Å²) in [5.41, 5.74) is 1.10. The first-order valence-electron chi connectivity index (χ1n) is 9.72. The van der Waals surface area contributed by atoms with E-state index < -0.39 is 0 Å². The lowest BCUT2D eigenvalue weighted by Crippen LogP contribution is -3.11. The SMILES string of the molecule is CC[NH+](CC(=O)N1CCC(c2nc3ccccc3s2)CC1)Cc1cccs1. The van der Waals surface area contributed by atoms with Crippen LogP contribution >= 0.6 is 22.7 Å². The quantitative estimate of drug-likeness (QED) is 0.690. The Balaban J connectivity index is 1.32. The van der Waals surface area contributed by atoms with Crippen molar-refractivity contribution < 1.29 is 9.69 Å². The van der Waals surface area contributed by atoms with E-state index >= 15 is 0 Å². The largest absolute Gasteiger partial charge is 0.338 e. The first-order valence-corrected chi connectivity index (χ1v) is 11.4. The molecule has 1 aliphatic rings. The van der Waals surface area contributed by atoms with E-state index in [0.29, 0.717) is 18.4 Å². The number of thiazole rings is 1. The molecule has 6 heteroatoms. The second-order valence-corrected chi connectivity index (χ2v) is 9.31. The molecule has 3 heterocycles. The van der Waals surface area contributed by atoms with Crippen LogP contribution in [0.4, 0.5) is 0 Å². The van der Waals surface area contributed by atoms with Crippen LogP contribution in [-0.2, 0) is 11.3 Å². The van der Waals surface area contributed by atoms with Gasteiger partial charge in [-0.1, -0.05) is 18.2 Å². The maximum atomic E-state index is 12.8. The standard InChI is InChI=1S/C21H25N3OS2/c1-2-23(14-17-6-5-13-26-17)15-20(25)24-11-9-16(10-12-24)21-22-18-7-3-4-8-19(18)27-21/h3-8,13,16H,2,9-12,14-15H2,1H3/p+1. The van der Waals surface area contributed by atoms with Gasteiger partial charge in [0.05, 0.1) is 26.6 Å². The fraction of sp³-hybridized carbons (Fsp3) is 0.429. The lowest BCUT2D eigenvalue weighted by atomic mass is 9.97. The summed E-state index contributed by atoms with van der Waals surface area (Å²) < 4.78 is 1.27. The summed E-state index contributed by atoms with van der Waals surface area (Å²) in [4.78, 5) is 22.4. The van der Waals surface area contributed by atoms with E-state index in [9.17, 15) is 4.79 Å². The molecule has 0 spiro atoms. The minimum absolute atomic E-state index is 0.297. The number of thiophene rings is 1. The highest BCUT2D eigenvalue weighted by molar-refractivity contribution is 7.18. The van der Waals surface area contributed by atoms with Gasteiger partial charge in [0, 0.05) is 19.0 Å². The summed E-state index contributed by atoms with van der Waals surface area (Å²) in [6.07, 6.45) is 2.05. The van der Waals surface area contributed by atoms with Crippen LogP contribution < -0.4 is 4.90 Å². The summed E-state index contributed by atoms with van der Waals surface area (Å²) in [5.74, 6) is 0.790. The van der Waals surface area contributed by atoms with Crippen LogP contribution in [-0.4, -0.2) is 42.0 Å². The first-order chi connectivity index (χ1) is 13.2. The topological polar surface area (TPSA) is 37.6 Å². The molecular formula is C21H26N3OS2+. The molecule has 27 heavy (non-hydrogen) atoms. The number of nitrogens with zero attached hydrogens (tertiary/aromatic N) is 2. The van der Waals surface area contributed by atoms with Gasteiger partial charge in [-0.25, -0.2) is 4.98 Å². The molecule has 142 valence electrons. The number of likely N-dealkylation sites (tertiary alicyclic amines) is 1. The van der Waals surface area contributed by atoms with Gasteiger partial charge in [-0.15, -0.1) is 22.7 Å². The number of aromatic nitrogens is 1. The van der Waals surface area contributed by atoms with Crippen LogP contribution in [0.1, 0.15) is 35.6 Å². The third-order valence-electron chi connectivity index (χ3n) is 5.41. The molecule has 0 saturated carbocycles. The van der Waals surface area contributed by atoms with Crippen molar-refractivity contribution in [3.8, 4) is 0 Å². The van der Waals surface area contributed by atoms with E-state index in [1.807, 2.05) is 17.4 Å². The number of hydrogen-bond donors (Lipinski definition) is 1. The van der Waals surface area contributed by atoms with E-state index in [-0.39, 0.29) is 0 Å². The maximum absolute atomic E-state index is 12.8. The Bertz CT molecular complexity index is 849. The summed E-state index contributed by atoms with van der Waals surface area (Å²) in [6.45, 7) is 6.40. The molecule has 0 radical (unpaired) electrons. The van der Waals surface area contributed by atoms with Crippen molar-refractivity contribution in [3.63, 3.8) is 0 Å². The summed E-state index contributed by atoms with van der Waals surface area (Å²) in [7, 11) is 0. The zero-order chi connectivity index (χ0) is 18.6. The fourth-order valence-corrected chi connectivity index (χ4v) is 5.65. The predicted molar refractivity (Wildman–Crippen MR) is 113 cm³/mol. The fourth-order valence-electron chi connectivity index (χ4n) is 3.74. The van der Waals surface area contributed by atoms with Crippen molar-refractivity contribution in [2.24, 2.45) is 0 Å². The highest BCUT2D eigenvalue weighted by Crippen LogP contribution is 2.33. The summed E-state index contributed by atoms with van der Waals surface area (Å²) in [5, 5.41) is 3.35. The Morgan fingerprint density at radius 1 is 1.22 bits per heavy atom. The number of carbonyl (C=O) groups is 1. The van der Waals surface area contributed by atoms with Crippen LogP contribution in [0.5, 0.6) is 0 Å². The van der Waals surface area contributed by atoms with Crippen LogP contribution in [0, 0.1) is 0 Å². The highest BCUT2D eigenvalue weighted by Gasteiger charge is 2.27. The molecule has 4 nitrogen and oxygen atoms in total. The zero-order valence-corrected chi connectivity index (χ0v) is 17.3. The molecule has 2 aromatic heterocycles. The molecule has 1 amide bonds. The average Bonchev–Trinajstić information content (AvgIpc) is 3.37. The monoisotopic (exact) mass is 400 g/mol. The van der Waals surface area contributed by atoms with E-state index in [1.54, 1.807) is 11.3 Å². The van der Waals surface area contributed by atoms with Crippen molar-refractivity contribution >= 4 is 38.8 Å². The third kappa shape index (κ3) is 4.39. The second-order valence-electron chi connectivity index (χ2n) is 7.21. The number of nitrogens with one attached hydrogen (secondary N) is 1.